The van der Waals surface area contributed by atoms with E-state index < -0.39 is 5.97 Å². The van der Waals surface area contributed by atoms with Gasteiger partial charge in [-0.2, -0.15) is 0 Å². The summed E-state index contributed by atoms with van der Waals surface area (Å²) in [5.74, 6) is 0.106. The van der Waals surface area contributed by atoms with Crippen molar-refractivity contribution in [1.82, 2.24) is 19.6 Å². The first kappa shape index (κ1) is 11.1. The minimum atomic E-state index is -0.736. The number of carbonyl (C=O) groups is 1. The van der Waals surface area contributed by atoms with Gasteiger partial charge in [0.1, 0.15) is 5.82 Å². The summed E-state index contributed by atoms with van der Waals surface area (Å²) in [6.07, 6.45) is 7.09. The van der Waals surface area contributed by atoms with E-state index in [0.717, 1.165) is 31.5 Å². The summed E-state index contributed by atoms with van der Waals surface area (Å²) in [5.41, 5.74) is 0. The number of fused-ring (bicyclic) bond motifs is 1. The quantitative estimate of drug-likeness (QED) is 0.868. The van der Waals surface area contributed by atoms with Crippen molar-refractivity contribution in [2.45, 2.75) is 31.6 Å². The van der Waals surface area contributed by atoms with Gasteiger partial charge in [0, 0.05) is 18.3 Å². The number of hydrogen-bond donors (Lipinski definition) is 1. The number of rotatable bonds is 2. The van der Waals surface area contributed by atoms with Gasteiger partial charge < -0.3 is 5.11 Å². The molecule has 0 aliphatic heterocycles. The van der Waals surface area contributed by atoms with E-state index >= 15 is 0 Å². The summed E-state index contributed by atoms with van der Waals surface area (Å²) in [6, 6.07) is 1.80. The van der Waals surface area contributed by atoms with E-state index in [-0.39, 0.29) is 11.8 Å². The molecule has 2 atom stereocenters. The zero-order valence-electron chi connectivity index (χ0n) is 9.86. The highest BCUT2D eigenvalue weighted by atomic mass is 16.4. The molecule has 2 unspecified atom stereocenters. The van der Waals surface area contributed by atoms with Crippen LogP contribution in [0.25, 0.3) is 5.78 Å². The standard InChI is InChI=1S/C12H14N4O2/c17-11(18)9-5-2-1-4-8(9)10-14-15-12-13-6-3-7-16(10)12/h3,6-9H,1-2,4-5H2,(H,17,18). The van der Waals surface area contributed by atoms with E-state index in [9.17, 15) is 9.90 Å². The van der Waals surface area contributed by atoms with Crippen molar-refractivity contribution in [2.24, 2.45) is 5.92 Å². The lowest BCUT2D eigenvalue weighted by Crippen LogP contribution is -2.26. The van der Waals surface area contributed by atoms with Crippen molar-refractivity contribution < 1.29 is 9.90 Å². The second-order valence-corrected chi connectivity index (χ2v) is 4.68. The van der Waals surface area contributed by atoms with Crippen molar-refractivity contribution >= 4 is 11.7 Å². The van der Waals surface area contributed by atoms with E-state index in [1.807, 2.05) is 6.20 Å². The first-order valence-corrected chi connectivity index (χ1v) is 6.16. The molecule has 0 aromatic carbocycles. The maximum atomic E-state index is 11.3. The summed E-state index contributed by atoms with van der Waals surface area (Å²) in [6.45, 7) is 0. The summed E-state index contributed by atoms with van der Waals surface area (Å²) >= 11 is 0. The minimum absolute atomic E-state index is 0.0598. The molecule has 2 aromatic rings. The van der Waals surface area contributed by atoms with Crippen LogP contribution >= 0.6 is 0 Å². The molecule has 0 amide bonds. The Balaban J connectivity index is 2.04. The van der Waals surface area contributed by atoms with E-state index in [2.05, 4.69) is 15.2 Å². The van der Waals surface area contributed by atoms with Crippen LogP contribution in [0.5, 0.6) is 0 Å². The van der Waals surface area contributed by atoms with Gasteiger partial charge in [0.2, 0.25) is 0 Å². The Kier molecular flexibility index (Phi) is 2.70. The fourth-order valence-electron chi connectivity index (χ4n) is 2.75. The van der Waals surface area contributed by atoms with Gasteiger partial charge in [-0.05, 0) is 18.9 Å². The third-order valence-corrected chi connectivity index (χ3v) is 3.63. The topological polar surface area (TPSA) is 80.4 Å². The number of aliphatic carboxylic acids is 1. The molecule has 6 heteroatoms. The predicted molar refractivity (Wildman–Crippen MR) is 63.1 cm³/mol. The number of nitrogens with zero attached hydrogens (tertiary/aromatic N) is 4. The molecular formula is C12H14N4O2. The lowest BCUT2D eigenvalue weighted by Gasteiger charge is -2.26. The highest BCUT2D eigenvalue weighted by Crippen LogP contribution is 2.37. The molecule has 1 saturated carbocycles. The Hall–Kier alpha value is -1.98. The average Bonchev–Trinajstić information content (AvgIpc) is 2.82. The smallest absolute Gasteiger partial charge is 0.307 e. The summed E-state index contributed by atoms with van der Waals surface area (Å²) in [5, 5.41) is 17.4. The van der Waals surface area contributed by atoms with E-state index in [0.29, 0.717) is 5.78 Å². The van der Waals surface area contributed by atoms with E-state index in [4.69, 9.17) is 0 Å². The molecule has 1 aliphatic carbocycles. The van der Waals surface area contributed by atoms with Gasteiger partial charge in [0.15, 0.2) is 0 Å². The third-order valence-electron chi connectivity index (χ3n) is 3.63. The zero-order valence-corrected chi connectivity index (χ0v) is 9.86. The van der Waals surface area contributed by atoms with Crippen LogP contribution in [0.1, 0.15) is 37.4 Å². The number of carboxylic acid groups (broad SMARTS) is 1. The maximum absolute atomic E-state index is 11.3. The number of hydrogen-bond acceptors (Lipinski definition) is 4. The molecular weight excluding hydrogens is 232 g/mol. The van der Waals surface area contributed by atoms with Crippen LogP contribution in [0.4, 0.5) is 0 Å². The number of aromatic nitrogens is 4. The SMILES string of the molecule is O=C(O)C1CCCCC1c1nnc2ncccn12. The normalized spacial score (nSPS) is 24.2. The van der Waals surface area contributed by atoms with E-state index in [1.165, 1.54) is 0 Å². The molecule has 6 nitrogen and oxygen atoms in total. The summed E-state index contributed by atoms with van der Waals surface area (Å²) in [4.78, 5) is 15.4. The Labute approximate surface area is 104 Å². The van der Waals surface area contributed by atoms with Gasteiger partial charge in [-0.25, -0.2) is 4.98 Å². The molecule has 1 N–H and O–H groups in total. The van der Waals surface area contributed by atoms with Gasteiger partial charge in [-0.15, -0.1) is 10.2 Å². The fourth-order valence-corrected chi connectivity index (χ4v) is 2.75. The lowest BCUT2D eigenvalue weighted by atomic mass is 9.79. The van der Waals surface area contributed by atoms with Gasteiger partial charge in [-0.1, -0.05) is 12.8 Å². The second-order valence-electron chi connectivity index (χ2n) is 4.68. The van der Waals surface area contributed by atoms with Crippen LogP contribution in [0, 0.1) is 5.92 Å². The molecule has 0 saturated heterocycles. The van der Waals surface area contributed by atoms with Crippen molar-refractivity contribution in [3.05, 3.63) is 24.3 Å². The van der Waals surface area contributed by atoms with Crippen LogP contribution in [0.15, 0.2) is 18.5 Å². The molecule has 3 rings (SSSR count). The van der Waals surface area contributed by atoms with Crippen molar-refractivity contribution in [3.63, 3.8) is 0 Å². The van der Waals surface area contributed by atoms with Crippen LogP contribution in [0.2, 0.25) is 0 Å². The van der Waals surface area contributed by atoms with Gasteiger partial charge in [-0.3, -0.25) is 9.20 Å². The zero-order chi connectivity index (χ0) is 12.5. The Morgan fingerprint density at radius 1 is 1.33 bits per heavy atom. The molecule has 2 aromatic heterocycles. The summed E-state index contributed by atoms with van der Waals surface area (Å²) in [7, 11) is 0. The highest BCUT2D eigenvalue weighted by molar-refractivity contribution is 5.71. The van der Waals surface area contributed by atoms with Crippen LogP contribution in [-0.4, -0.2) is 30.7 Å². The minimum Gasteiger partial charge on any atom is -0.481 e. The van der Waals surface area contributed by atoms with Crippen LogP contribution in [0.3, 0.4) is 0 Å². The average molecular weight is 246 g/mol. The Bertz CT molecular complexity index is 580. The Morgan fingerprint density at radius 2 is 2.17 bits per heavy atom. The van der Waals surface area contributed by atoms with Gasteiger partial charge in [0.05, 0.1) is 5.92 Å². The third kappa shape index (κ3) is 1.73. The van der Waals surface area contributed by atoms with Gasteiger partial charge in [0.25, 0.3) is 5.78 Å². The fraction of sp³-hybridized carbons (Fsp3) is 0.500. The first-order valence-electron chi connectivity index (χ1n) is 6.16. The molecule has 0 spiro atoms. The van der Waals surface area contributed by atoms with E-state index in [1.54, 1.807) is 16.7 Å². The monoisotopic (exact) mass is 246 g/mol. The maximum Gasteiger partial charge on any atom is 0.307 e. The predicted octanol–water partition coefficient (Wildman–Crippen LogP) is 1.48. The van der Waals surface area contributed by atoms with Crippen molar-refractivity contribution in [1.29, 1.82) is 0 Å². The lowest BCUT2D eigenvalue weighted by molar-refractivity contribution is -0.143. The largest absolute Gasteiger partial charge is 0.481 e. The van der Waals surface area contributed by atoms with Crippen LogP contribution < -0.4 is 0 Å². The molecule has 18 heavy (non-hydrogen) atoms. The molecule has 0 radical (unpaired) electrons. The molecule has 94 valence electrons. The highest BCUT2D eigenvalue weighted by Gasteiger charge is 2.34. The molecule has 1 aliphatic rings. The van der Waals surface area contributed by atoms with Gasteiger partial charge >= 0.3 is 5.97 Å². The molecule has 1 fully saturated rings. The second kappa shape index (κ2) is 4.36. The first-order chi connectivity index (χ1) is 8.77. The van der Waals surface area contributed by atoms with Crippen molar-refractivity contribution in [2.75, 3.05) is 0 Å². The molecule has 2 heterocycles. The summed E-state index contributed by atoms with van der Waals surface area (Å²) < 4.78 is 1.80. The number of carboxylic acids is 1. The molecule has 0 bridgehead atoms. The van der Waals surface area contributed by atoms with Crippen molar-refractivity contribution in [3.8, 4) is 0 Å². The Morgan fingerprint density at radius 3 is 3.00 bits per heavy atom. The van der Waals surface area contributed by atoms with Crippen LogP contribution in [-0.2, 0) is 4.79 Å².